The van der Waals surface area contributed by atoms with Gasteiger partial charge in [-0.2, -0.15) is 0 Å². The van der Waals surface area contributed by atoms with Gasteiger partial charge >= 0.3 is 0 Å². The number of carbonyl (C=O) groups is 2. The van der Waals surface area contributed by atoms with E-state index in [1.165, 1.54) is 6.42 Å². The predicted octanol–water partition coefficient (Wildman–Crippen LogP) is 1.39. The van der Waals surface area contributed by atoms with Crippen LogP contribution in [-0.2, 0) is 19.1 Å². The second-order valence-electron chi connectivity index (χ2n) is 7.13. The van der Waals surface area contributed by atoms with Gasteiger partial charge in [-0.3, -0.25) is 14.5 Å². The number of nitrogens with zero attached hydrogens (tertiary/aromatic N) is 2. The molecule has 1 spiro atoms. The van der Waals surface area contributed by atoms with E-state index in [0.29, 0.717) is 32.9 Å². The van der Waals surface area contributed by atoms with E-state index in [2.05, 4.69) is 0 Å². The number of amides is 2. The molecule has 6 nitrogen and oxygen atoms in total. The number of rotatable bonds is 2. The summed E-state index contributed by atoms with van der Waals surface area (Å²) in [5.41, 5.74) is -0.549. The van der Waals surface area contributed by atoms with Crippen LogP contribution >= 0.6 is 0 Å². The van der Waals surface area contributed by atoms with Gasteiger partial charge in [0.2, 0.25) is 11.8 Å². The van der Waals surface area contributed by atoms with Crippen molar-refractivity contribution >= 4 is 11.8 Å². The van der Waals surface area contributed by atoms with Crippen molar-refractivity contribution in [1.29, 1.82) is 0 Å². The van der Waals surface area contributed by atoms with Crippen LogP contribution in [0.25, 0.3) is 0 Å². The van der Waals surface area contributed by atoms with Crippen molar-refractivity contribution < 1.29 is 19.1 Å². The van der Waals surface area contributed by atoms with E-state index < -0.39 is 11.8 Å². The standard InChI is InChI=1S/C17H28N2O4/c1-13(2)15(20)19-14(16(21)18-8-10-22-11-9-18)12-23-17(19)6-4-3-5-7-17/h13-14H,3-12H2,1-2H3/t14-/m1/s1. The van der Waals surface area contributed by atoms with Gasteiger partial charge in [-0.15, -0.1) is 0 Å². The summed E-state index contributed by atoms with van der Waals surface area (Å²) in [7, 11) is 0. The Bertz CT molecular complexity index is 454. The summed E-state index contributed by atoms with van der Waals surface area (Å²) < 4.78 is 11.4. The van der Waals surface area contributed by atoms with Gasteiger partial charge in [0, 0.05) is 19.0 Å². The van der Waals surface area contributed by atoms with Gasteiger partial charge in [0.05, 0.1) is 19.8 Å². The molecule has 130 valence electrons. The van der Waals surface area contributed by atoms with Crippen LogP contribution in [0.3, 0.4) is 0 Å². The Morgan fingerprint density at radius 2 is 1.74 bits per heavy atom. The first-order valence-corrected chi connectivity index (χ1v) is 8.89. The molecule has 2 saturated heterocycles. The van der Waals surface area contributed by atoms with Crippen molar-refractivity contribution in [2.75, 3.05) is 32.9 Å². The van der Waals surface area contributed by atoms with E-state index in [1.807, 2.05) is 18.7 Å². The SMILES string of the molecule is CC(C)C(=O)N1[C@@H](C(=O)N2CCOCC2)COC12CCCCC2. The molecule has 3 rings (SSSR count). The summed E-state index contributed by atoms with van der Waals surface area (Å²) in [6, 6.07) is -0.471. The molecule has 0 radical (unpaired) electrons. The molecule has 0 N–H and O–H groups in total. The minimum absolute atomic E-state index is 0.0183. The number of ether oxygens (including phenoxy) is 2. The van der Waals surface area contributed by atoms with Crippen LogP contribution in [0.5, 0.6) is 0 Å². The molecular formula is C17H28N2O4. The fourth-order valence-electron chi connectivity index (χ4n) is 3.96. The molecule has 0 aromatic carbocycles. The molecule has 2 aliphatic heterocycles. The third-order valence-corrected chi connectivity index (χ3v) is 5.23. The molecule has 1 saturated carbocycles. The molecule has 3 fully saturated rings. The van der Waals surface area contributed by atoms with E-state index in [0.717, 1.165) is 25.7 Å². The van der Waals surface area contributed by atoms with Crippen LogP contribution in [0.4, 0.5) is 0 Å². The van der Waals surface area contributed by atoms with Crippen molar-refractivity contribution in [3.8, 4) is 0 Å². The zero-order valence-corrected chi connectivity index (χ0v) is 14.3. The highest BCUT2D eigenvalue weighted by atomic mass is 16.5. The Morgan fingerprint density at radius 1 is 1.09 bits per heavy atom. The van der Waals surface area contributed by atoms with Crippen LogP contribution in [0.15, 0.2) is 0 Å². The molecule has 2 heterocycles. The van der Waals surface area contributed by atoms with E-state index in [9.17, 15) is 9.59 Å². The zero-order valence-electron chi connectivity index (χ0n) is 14.3. The summed E-state index contributed by atoms with van der Waals surface area (Å²) in [6.07, 6.45) is 4.98. The van der Waals surface area contributed by atoms with E-state index in [4.69, 9.17) is 9.47 Å². The maximum atomic E-state index is 13.0. The van der Waals surface area contributed by atoms with Gasteiger partial charge in [-0.05, 0) is 25.7 Å². The van der Waals surface area contributed by atoms with Crippen molar-refractivity contribution in [1.82, 2.24) is 9.80 Å². The lowest BCUT2D eigenvalue weighted by Gasteiger charge is -2.43. The van der Waals surface area contributed by atoms with Crippen molar-refractivity contribution in [3.05, 3.63) is 0 Å². The average Bonchev–Trinajstić information content (AvgIpc) is 2.93. The Morgan fingerprint density at radius 3 is 2.35 bits per heavy atom. The highest BCUT2D eigenvalue weighted by Gasteiger charge is 2.53. The molecule has 2 amide bonds. The van der Waals surface area contributed by atoms with Gasteiger partial charge in [0.25, 0.3) is 0 Å². The Kier molecular flexibility index (Phi) is 4.92. The van der Waals surface area contributed by atoms with Crippen LogP contribution < -0.4 is 0 Å². The molecule has 6 heteroatoms. The van der Waals surface area contributed by atoms with Crippen LogP contribution in [0.2, 0.25) is 0 Å². The third kappa shape index (κ3) is 3.11. The second kappa shape index (κ2) is 6.77. The molecule has 3 aliphatic rings. The third-order valence-electron chi connectivity index (χ3n) is 5.23. The summed E-state index contributed by atoms with van der Waals surface area (Å²) in [4.78, 5) is 29.4. The maximum absolute atomic E-state index is 13.0. The predicted molar refractivity (Wildman–Crippen MR) is 84.6 cm³/mol. The monoisotopic (exact) mass is 324 g/mol. The van der Waals surface area contributed by atoms with Gasteiger partial charge in [-0.25, -0.2) is 0 Å². The van der Waals surface area contributed by atoms with Gasteiger partial charge in [0.15, 0.2) is 0 Å². The molecule has 0 unspecified atom stereocenters. The number of hydrogen-bond acceptors (Lipinski definition) is 4. The van der Waals surface area contributed by atoms with Crippen LogP contribution in [0, 0.1) is 5.92 Å². The minimum atomic E-state index is -0.549. The number of hydrogen-bond donors (Lipinski definition) is 0. The quantitative estimate of drug-likeness (QED) is 0.770. The first-order chi connectivity index (χ1) is 11.1. The summed E-state index contributed by atoms with van der Waals surface area (Å²) in [6.45, 7) is 6.47. The van der Waals surface area contributed by atoms with Crippen LogP contribution in [-0.4, -0.2) is 66.3 Å². The van der Waals surface area contributed by atoms with E-state index in [1.54, 1.807) is 4.90 Å². The Hall–Kier alpha value is -1.14. The van der Waals surface area contributed by atoms with E-state index >= 15 is 0 Å². The topological polar surface area (TPSA) is 59.1 Å². The highest BCUT2D eigenvalue weighted by molar-refractivity contribution is 5.89. The van der Waals surface area contributed by atoms with Gasteiger partial charge in [-0.1, -0.05) is 20.3 Å². The van der Waals surface area contributed by atoms with E-state index in [-0.39, 0.29) is 17.7 Å². The molecule has 0 aromatic heterocycles. The minimum Gasteiger partial charge on any atom is -0.378 e. The smallest absolute Gasteiger partial charge is 0.248 e. The molecular weight excluding hydrogens is 296 g/mol. The fourth-order valence-corrected chi connectivity index (χ4v) is 3.96. The Balaban J connectivity index is 1.83. The Labute approximate surface area is 138 Å². The zero-order chi connectivity index (χ0) is 16.4. The molecule has 23 heavy (non-hydrogen) atoms. The second-order valence-corrected chi connectivity index (χ2v) is 7.13. The lowest BCUT2D eigenvalue weighted by molar-refractivity contribution is -0.165. The van der Waals surface area contributed by atoms with Crippen molar-refractivity contribution in [2.24, 2.45) is 5.92 Å². The normalized spacial score (nSPS) is 27.7. The maximum Gasteiger partial charge on any atom is 0.248 e. The van der Waals surface area contributed by atoms with Crippen molar-refractivity contribution in [2.45, 2.75) is 57.7 Å². The first-order valence-electron chi connectivity index (χ1n) is 8.89. The van der Waals surface area contributed by atoms with Gasteiger partial charge in [0.1, 0.15) is 11.8 Å². The van der Waals surface area contributed by atoms with Crippen LogP contribution in [0.1, 0.15) is 46.0 Å². The first kappa shape index (κ1) is 16.7. The lowest BCUT2D eigenvalue weighted by atomic mass is 9.89. The lowest BCUT2D eigenvalue weighted by Crippen LogP contribution is -2.58. The largest absolute Gasteiger partial charge is 0.378 e. The van der Waals surface area contributed by atoms with Crippen molar-refractivity contribution in [3.63, 3.8) is 0 Å². The molecule has 1 atom stereocenters. The number of morpholine rings is 1. The molecule has 0 bridgehead atoms. The average molecular weight is 324 g/mol. The highest BCUT2D eigenvalue weighted by Crippen LogP contribution is 2.41. The molecule has 0 aromatic rings. The summed E-state index contributed by atoms with van der Waals surface area (Å²) in [5.74, 6) is -0.0729. The molecule has 1 aliphatic carbocycles. The fraction of sp³-hybridized carbons (Fsp3) is 0.882. The number of carbonyl (C=O) groups excluding carboxylic acids is 2. The summed E-state index contributed by atoms with van der Waals surface area (Å²) >= 11 is 0. The van der Waals surface area contributed by atoms with Gasteiger partial charge < -0.3 is 14.4 Å². The summed E-state index contributed by atoms with van der Waals surface area (Å²) in [5, 5.41) is 0.